The van der Waals surface area contributed by atoms with Crippen molar-refractivity contribution >= 4 is 5.97 Å². The molecule has 1 fully saturated rings. The molecule has 1 N–H and O–H groups in total. The first kappa shape index (κ1) is 14.0. The zero-order valence-electron chi connectivity index (χ0n) is 11.6. The van der Waals surface area contributed by atoms with E-state index in [0.29, 0.717) is 12.1 Å². The van der Waals surface area contributed by atoms with Gasteiger partial charge >= 0.3 is 5.97 Å². The van der Waals surface area contributed by atoms with Crippen molar-refractivity contribution in [2.24, 2.45) is 0 Å². The second-order valence-corrected chi connectivity index (χ2v) is 5.45. The number of nitrogens with one attached hydrogen (secondary N) is 1. The Bertz CT molecular complexity index is 465. The first-order valence-corrected chi connectivity index (χ1v) is 6.69. The Kier molecular flexibility index (Phi) is 4.20. The second-order valence-electron chi connectivity index (χ2n) is 5.45. The topological polar surface area (TPSA) is 38.3 Å². The lowest BCUT2D eigenvalue weighted by molar-refractivity contribution is 0.0143. The highest BCUT2D eigenvalue weighted by molar-refractivity contribution is 5.89. The third-order valence-electron chi connectivity index (χ3n) is 3.42. The summed E-state index contributed by atoms with van der Waals surface area (Å²) in [6, 6.07) is 5.17. The number of benzene rings is 1. The minimum absolute atomic E-state index is 0.0180. The average molecular weight is 265 g/mol. The van der Waals surface area contributed by atoms with Crippen LogP contribution in [-0.2, 0) is 4.74 Å². The molecular formula is C15H20FNO2. The molecule has 3 nitrogen and oxygen atoms in total. The predicted octanol–water partition coefficient (Wildman–Crippen LogP) is 2.82. The number of piperidine rings is 1. The van der Waals surface area contributed by atoms with E-state index in [2.05, 4.69) is 19.2 Å². The number of hydrogen-bond donors (Lipinski definition) is 1. The van der Waals surface area contributed by atoms with Crippen LogP contribution in [0.3, 0.4) is 0 Å². The first-order valence-electron chi connectivity index (χ1n) is 6.69. The van der Waals surface area contributed by atoms with Gasteiger partial charge in [0, 0.05) is 12.1 Å². The molecule has 1 aromatic carbocycles. The summed E-state index contributed by atoms with van der Waals surface area (Å²) in [5, 5.41) is 3.38. The largest absolute Gasteiger partial charge is 0.459 e. The van der Waals surface area contributed by atoms with Crippen molar-refractivity contribution < 1.29 is 13.9 Å². The van der Waals surface area contributed by atoms with Crippen LogP contribution in [0.5, 0.6) is 0 Å². The van der Waals surface area contributed by atoms with E-state index in [1.807, 2.05) is 0 Å². The van der Waals surface area contributed by atoms with Crippen LogP contribution < -0.4 is 5.32 Å². The van der Waals surface area contributed by atoms with Gasteiger partial charge in [-0.25, -0.2) is 9.18 Å². The van der Waals surface area contributed by atoms with Crippen LogP contribution in [0.2, 0.25) is 0 Å². The highest BCUT2D eigenvalue weighted by Crippen LogP contribution is 2.19. The molecule has 1 saturated heterocycles. The molecule has 1 aromatic rings. The van der Waals surface area contributed by atoms with E-state index in [4.69, 9.17) is 4.74 Å². The zero-order chi connectivity index (χ0) is 14.0. The molecule has 0 radical (unpaired) electrons. The van der Waals surface area contributed by atoms with E-state index in [1.54, 1.807) is 13.0 Å². The number of esters is 1. The molecule has 0 spiro atoms. The highest BCUT2D eigenvalue weighted by Gasteiger charge is 2.27. The summed E-state index contributed by atoms with van der Waals surface area (Å²) in [6.45, 7) is 5.90. The van der Waals surface area contributed by atoms with E-state index < -0.39 is 11.8 Å². The quantitative estimate of drug-likeness (QED) is 0.836. The molecule has 0 bridgehead atoms. The maximum Gasteiger partial charge on any atom is 0.341 e. The molecule has 0 saturated carbocycles. The van der Waals surface area contributed by atoms with Crippen molar-refractivity contribution in [3.05, 3.63) is 35.1 Å². The number of rotatable bonds is 2. The van der Waals surface area contributed by atoms with Crippen molar-refractivity contribution in [2.75, 3.05) is 0 Å². The number of carbonyl (C=O) groups is 1. The minimum Gasteiger partial charge on any atom is -0.459 e. The van der Waals surface area contributed by atoms with Crippen LogP contribution in [-0.4, -0.2) is 24.2 Å². The van der Waals surface area contributed by atoms with Crippen LogP contribution >= 0.6 is 0 Å². The lowest BCUT2D eigenvalue weighted by Gasteiger charge is -2.32. The van der Waals surface area contributed by atoms with Crippen LogP contribution in [0, 0.1) is 12.7 Å². The van der Waals surface area contributed by atoms with E-state index >= 15 is 0 Å². The second kappa shape index (κ2) is 5.70. The average Bonchev–Trinajstić information content (AvgIpc) is 2.26. The van der Waals surface area contributed by atoms with Gasteiger partial charge in [-0.15, -0.1) is 0 Å². The Balaban J connectivity index is 2.04. The Morgan fingerprint density at radius 1 is 1.32 bits per heavy atom. The summed E-state index contributed by atoms with van der Waals surface area (Å²) >= 11 is 0. The van der Waals surface area contributed by atoms with E-state index in [0.717, 1.165) is 18.4 Å². The van der Waals surface area contributed by atoms with E-state index in [9.17, 15) is 9.18 Å². The first-order chi connectivity index (χ1) is 8.95. The molecule has 0 aliphatic carbocycles. The fourth-order valence-electron chi connectivity index (χ4n) is 2.60. The summed E-state index contributed by atoms with van der Waals surface area (Å²) in [4.78, 5) is 12.0. The van der Waals surface area contributed by atoms with Gasteiger partial charge in [-0.2, -0.15) is 0 Å². The van der Waals surface area contributed by atoms with Gasteiger partial charge < -0.3 is 10.1 Å². The summed E-state index contributed by atoms with van der Waals surface area (Å²) in [6.07, 6.45) is 1.40. The summed E-state index contributed by atoms with van der Waals surface area (Å²) in [5.74, 6) is -1.08. The van der Waals surface area contributed by atoms with Crippen molar-refractivity contribution in [1.29, 1.82) is 0 Å². The van der Waals surface area contributed by atoms with Gasteiger partial charge in [-0.1, -0.05) is 6.07 Å². The minimum atomic E-state index is -0.566. The maximum absolute atomic E-state index is 13.7. The third kappa shape index (κ3) is 3.53. The van der Waals surface area contributed by atoms with Crippen LogP contribution in [0.25, 0.3) is 0 Å². The van der Waals surface area contributed by atoms with Gasteiger partial charge in [-0.05, 0) is 51.3 Å². The molecule has 2 atom stereocenters. The molecule has 2 rings (SSSR count). The van der Waals surface area contributed by atoms with Gasteiger partial charge in [0.15, 0.2) is 0 Å². The molecule has 104 valence electrons. The standard InChI is InChI=1S/C15H20FNO2/c1-9-4-5-13(14(16)6-9)15(18)19-12-7-10(2)17-11(3)8-12/h4-6,10-12,17H,7-8H2,1-3H3. The Morgan fingerprint density at radius 3 is 2.53 bits per heavy atom. The maximum atomic E-state index is 13.7. The van der Waals surface area contributed by atoms with Crippen molar-refractivity contribution in [2.45, 2.75) is 51.8 Å². The van der Waals surface area contributed by atoms with Gasteiger partial charge in [0.25, 0.3) is 0 Å². The molecule has 4 heteroatoms. The molecule has 19 heavy (non-hydrogen) atoms. The Hall–Kier alpha value is -1.42. The van der Waals surface area contributed by atoms with Crippen molar-refractivity contribution in [3.63, 3.8) is 0 Å². The summed E-state index contributed by atoms with van der Waals surface area (Å²) in [5.41, 5.74) is 0.808. The van der Waals surface area contributed by atoms with Gasteiger partial charge in [-0.3, -0.25) is 0 Å². The van der Waals surface area contributed by atoms with E-state index in [-0.39, 0.29) is 11.7 Å². The van der Waals surface area contributed by atoms with Crippen molar-refractivity contribution in [1.82, 2.24) is 5.32 Å². The van der Waals surface area contributed by atoms with Gasteiger partial charge in [0.05, 0.1) is 5.56 Å². The zero-order valence-corrected chi connectivity index (χ0v) is 11.6. The number of halogens is 1. The SMILES string of the molecule is Cc1ccc(C(=O)OC2CC(C)NC(C)C2)c(F)c1. The van der Waals surface area contributed by atoms with Gasteiger partial charge in [0.1, 0.15) is 11.9 Å². The number of carbonyl (C=O) groups excluding carboxylic acids is 1. The predicted molar refractivity (Wildman–Crippen MR) is 71.6 cm³/mol. The van der Waals surface area contributed by atoms with Crippen LogP contribution in [0.1, 0.15) is 42.6 Å². The lowest BCUT2D eigenvalue weighted by Crippen LogP contribution is -2.45. The lowest BCUT2D eigenvalue weighted by atomic mass is 9.97. The molecule has 0 aromatic heterocycles. The molecule has 1 heterocycles. The molecular weight excluding hydrogens is 245 g/mol. The van der Waals surface area contributed by atoms with Gasteiger partial charge in [0.2, 0.25) is 0 Å². The third-order valence-corrected chi connectivity index (χ3v) is 3.42. The van der Waals surface area contributed by atoms with Crippen LogP contribution in [0.15, 0.2) is 18.2 Å². The number of hydrogen-bond acceptors (Lipinski definition) is 3. The molecule has 2 unspecified atom stereocenters. The molecule has 0 amide bonds. The van der Waals surface area contributed by atoms with E-state index in [1.165, 1.54) is 12.1 Å². The normalized spacial score (nSPS) is 27.1. The highest BCUT2D eigenvalue weighted by atomic mass is 19.1. The molecule has 1 aliphatic heterocycles. The summed E-state index contributed by atoms with van der Waals surface area (Å²) < 4.78 is 19.1. The monoisotopic (exact) mass is 265 g/mol. The molecule has 1 aliphatic rings. The van der Waals surface area contributed by atoms with Crippen LogP contribution in [0.4, 0.5) is 4.39 Å². The Labute approximate surface area is 113 Å². The summed E-state index contributed by atoms with van der Waals surface area (Å²) in [7, 11) is 0. The smallest absolute Gasteiger partial charge is 0.341 e. The number of aryl methyl sites for hydroxylation is 1. The number of ether oxygens (including phenoxy) is 1. The fourth-order valence-corrected chi connectivity index (χ4v) is 2.60. The van der Waals surface area contributed by atoms with Crippen molar-refractivity contribution in [3.8, 4) is 0 Å². The Morgan fingerprint density at radius 2 is 1.95 bits per heavy atom. The fraction of sp³-hybridized carbons (Fsp3) is 0.533.